The third kappa shape index (κ3) is 5.16. The standard InChI is InChI=1S/C52H33NOS/c1-3-14-34(15-4-1)38-32-33-47(42-19-8-7-18-41(38)42)53(37-28-26-36(27-29-37)40-22-13-23-45-43-20-9-11-24-48(43)54-51(40)45)50-39(35-16-5-2-6-17-35)30-31-46-44-21-10-12-25-49(44)55-52(46)50/h1-33H. The van der Waals surface area contributed by atoms with Crippen LogP contribution < -0.4 is 4.90 Å². The zero-order chi connectivity index (χ0) is 36.3. The summed E-state index contributed by atoms with van der Waals surface area (Å²) in [6, 6.07) is 72.2. The van der Waals surface area contributed by atoms with Crippen LogP contribution in [0.4, 0.5) is 17.1 Å². The van der Waals surface area contributed by atoms with Crippen molar-refractivity contribution in [2.45, 2.75) is 0 Å². The highest BCUT2D eigenvalue weighted by atomic mass is 32.1. The van der Waals surface area contributed by atoms with E-state index in [-0.39, 0.29) is 0 Å². The summed E-state index contributed by atoms with van der Waals surface area (Å²) in [6.07, 6.45) is 0. The van der Waals surface area contributed by atoms with E-state index >= 15 is 0 Å². The van der Waals surface area contributed by atoms with Gasteiger partial charge in [0.1, 0.15) is 11.2 Å². The van der Waals surface area contributed by atoms with Crippen LogP contribution in [0.1, 0.15) is 0 Å². The van der Waals surface area contributed by atoms with E-state index in [1.54, 1.807) is 0 Å². The molecule has 11 rings (SSSR count). The van der Waals surface area contributed by atoms with Crippen LogP contribution in [0, 0.1) is 0 Å². The van der Waals surface area contributed by atoms with E-state index < -0.39 is 0 Å². The molecule has 2 aromatic heterocycles. The van der Waals surface area contributed by atoms with E-state index in [2.05, 4.69) is 193 Å². The summed E-state index contributed by atoms with van der Waals surface area (Å²) in [7, 11) is 0. The molecule has 11 aromatic rings. The van der Waals surface area contributed by atoms with Crippen molar-refractivity contribution in [3.63, 3.8) is 0 Å². The minimum Gasteiger partial charge on any atom is -0.455 e. The summed E-state index contributed by atoms with van der Waals surface area (Å²) in [5.74, 6) is 0. The third-order valence-electron chi connectivity index (χ3n) is 10.9. The number of benzene rings is 9. The number of hydrogen-bond donors (Lipinski definition) is 0. The average molecular weight is 720 g/mol. The molecule has 0 bridgehead atoms. The van der Waals surface area contributed by atoms with Crippen LogP contribution in [0.5, 0.6) is 0 Å². The Morgan fingerprint density at radius 1 is 0.364 bits per heavy atom. The van der Waals surface area contributed by atoms with Crippen LogP contribution >= 0.6 is 11.3 Å². The molecule has 258 valence electrons. The Kier molecular flexibility index (Phi) is 7.39. The van der Waals surface area contributed by atoms with Gasteiger partial charge in [0.25, 0.3) is 0 Å². The van der Waals surface area contributed by atoms with Gasteiger partial charge < -0.3 is 9.32 Å². The molecule has 0 amide bonds. The molecule has 0 spiro atoms. The largest absolute Gasteiger partial charge is 0.455 e. The lowest BCUT2D eigenvalue weighted by atomic mass is 9.95. The number of fused-ring (bicyclic) bond motifs is 7. The van der Waals surface area contributed by atoms with Gasteiger partial charge in [0, 0.05) is 48.4 Å². The van der Waals surface area contributed by atoms with Crippen LogP contribution in [-0.4, -0.2) is 0 Å². The molecule has 55 heavy (non-hydrogen) atoms. The summed E-state index contributed by atoms with van der Waals surface area (Å²) < 4.78 is 9.02. The van der Waals surface area contributed by atoms with Crippen molar-refractivity contribution in [1.82, 2.24) is 0 Å². The summed E-state index contributed by atoms with van der Waals surface area (Å²) in [5, 5.41) is 7.22. The second-order valence-corrected chi connectivity index (χ2v) is 15.1. The third-order valence-corrected chi connectivity index (χ3v) is 12.1. The Labute approximate surface area is 322 Å². The summed E-state index contributed by atoms with van der Waals surface area (Å²) >= 11 is 1.87. The fraction of sp³-hybridized carbons (Fsp3) is 0. The van der Waals surface area contributed by atoms with Gasteiger partial charge in [-0.1, -0.05) is 170 Å². The van der Waals surface area contributed by atoms with E-state index in [1.807, 2.05) is 23.5 Å². The van der Waals surface area contributed by atoms with Gasteiger partial charge in [-0.05, 0) is 58.0 Å². The van der Waals surface area contributed by atoms with Gasteiger partial charge in [0.15, 0.2) is 0 Å². The minimum absolute atomic E-state index is 0.906. The van der Waals surface area contributed by atoms with Crippen molar-refractivity contribution < 1.29 is 4.42 Å². The highest BCUT2D eigenvalue weighted by Crippen LogP contribution is 2.51. The molecule has 0 aliphatic carbocycles. The van der Waals surface area contributed by atoms with Crippen molar-refractivity contribution in [1.29, 1.82) is 0 Å². The van der Waals surface area contributed by atoms with Gasteiger partial charge in [0.05, 0.1) is 16.1 Å². The van der Waals surface area contributed by atoms with Crippen LogP contribution in [0.15, 0.2) is 205 Å². The van der Waals surface area contributed by atoms with Gasteiger partial charge >= 0.3 is 0 Å². The molecule has 0 unspecified atom stereocenters. The van der Waals surface area contributed by atoms with Gasteiger partial charge in [-0.25, -0.2) is 0 Å². The van der Waals surface area contributed by atoms with E-state index in [1.165, 1.54) is 58.9 Å². The second-order valence-electron chi connectivity index (χ2n) is 14.0. The molecule has 0 N–H and O–H groups in total. The summed E-state index contributed by atoms with van der Waals surface area (Å²) in [5.41, 5.74) is 12.2. The maximum absolute atomic E-state index is 6.48. The van der Waals surface area contributed by atoms with Crippen molar-refractivity contribution in [2.24, 2.45) is 0 Å². The molecule has 3 heteroatoms. The molecule has 0 atom stereocenters. The van der Waals surface area contributed by atoms with E-state index in [9.17, 15) is 0 Å². The fourth-order valence-electron chi connectivity index (χ4n) is 8.35. The predicted molar refractivity (Wildman–Crippen MR) is 235 cm³/mol. The number of para-hydroxylation sites is 2. The molecule has 0 saturated heterocycles. The zero-order valence-corrected chi connectivity index (χ0v) is 30.6. The van der Waals surface area contributed by atoms with Gasteiger partial charge in [0.2, 0.25) is 0 Å². The molecule has 0 aliphatic rings. The second kappa shape index (κ2) is 12.9. The Morgan fingerprint density at radius 3 is 1.75 bits per heavy atom. The minimum atomic E-state index is 0.906. The molecule has 2 heterocycles. The fourth-order valence-corrected chi connectivity index (χ4v) is 9.59. The predicted octanol–water partition coefficient (Wildman–Crippen LogP) is 15.6. The first-order chi connectivity index (χ1) is 27.3. The monoisotopic (exact) mass is 719 g/mol. The number of anilines is 3. The number of thiophene rings is 1. The highest BCUT2D eigenvalue weighted by Gasteiger charge is 2.25. The topological polar surface area (TPSA) is 16.4 Å². The molecule has 0 aliphatic heterocycles. The molecular formula is C52H33NOS. The van der Waals surface area contributed by atoms with Crippen molar-refractivity contribution in [3.05, 3.63) is 200 Å². The van der Waals surface area contributed by atoms with Gasteiger partial charge in [-0.2, -0.15) is 0 Å². The van der Waals surface area contributed by atoms with Crippen LogP contribution in [0.2, 0.25) is 0 Å². The van der Waals surface area contributed by atoms with Gasteiger partial charge in [-0.3, -0.25) is 0 Å². The molecular weight excluding hydrogens is 687 g/mol. The maximum atomic E-state index is 6.48. The average Bonchev–Trinajstić information content (AvgIpc) is 3.84. The normalized spacial score (nSPS) is 11.6. The number of nitrogens with zero attached hydrogens (tertiary/aromatic N) is 1. The Balaban J connectivity index is 1.19. The smallest absolute Gasteiger partial charge is 0.143 e. The highest BCUT2D eigenvalue weighted by molar-refractivity contribution is 7.26. The molecule has 9 aromatic carbocycles. The SMILES string of the molecule is c1ccc(-c2ccc3c(sc4ccccc43)c2N(c2ccc(-c3cccc4c3oc3ccccc34)cc2)c2ccc(-c3ccccc3)c3ccccc23)cc1. The lowest BCUT2D eigenvalue weighted by Crippen LogP contribution is -2.12. The molecule has 0 fully saturated rings. The van der Waals surface area contributed by atoms with Crippen molar-refractivity contribution in [2.75, 3.05) is 4.90 Å². The Bertz CT molecular complexity index is 3190. The zero-order valence-electron chi connectivity index (χ0n) is 29.8. The molecule has 0 radical (unpaired) electrons. The summed E-state index contributed by atoms with van der Waals surface area (Å²) in [6.45, 7) is 0. The number of furan rings is 1. The van der Waals surface area contributed by atoms with E-state index in [0.29, 0.717) is 0 Å². The Hall–Kier alpha value is -6.94. The van der Waals surface area contributed by atoms with Crippen LogP contribution in [-0.2, 0) is 0 Å². The first-order valence-electron chi connectivity index (χ1n) is 18.7. The lowest BCUT2D eigenvalue weighted by Gasteiger charge is -2.30. The summed E-state index contributed by atoms with van der Waals surface area (Å²) in [4.78, 5) is 2.50. The quantitative estimate of drug-likeness (QED) is 0.170. The lowest BCUT2D eigenvalue weighted by molar-refractivity contribution is 0.670. The first kappa shape index (κ1) is 31.6. The number of rotatable bonds is 6. The van der Waals surface area contributed by atoms with E-state index in [0.717, 1.165) is 44.4 Å². The van der Waals surface area contributed by atoms with Crippen molar-refractivity contribution in [3.8, 4) is 33.4 Å². The molecule has 2 nitrogen and oxygen atoms in total. The molecule has 0 saturated carbocycles. The van der Waals surface area contributed by atoms with Crippen molar-refractivity contribution >= 4 is 81.3 Å². The Morgan fingerprint density at radius 2 is 0.964 bits per heavy atom. The maximum Gasteiger partial charge on any atom is 0.143 e. The number of hydrogen-bond acceptors (Lipinski definition) is 3. The van der Waals surface area contributed by atoms with Crippen LogP contribution in [0.3, 0.4) is 0 Å². The van der Waals surface area contributed by atoms with Crippen LogP contribution in [0.25, 0.3) is 86.3 Å². The first-order valence-corrected chi connectivity index (χ1v) is 19.5. The van der Waals surface area contributed by atoms with E-state index in [4.69, 9.17) is 4.42 Å². The van der Waals surface area contributed by atoms with Gasteiger partial charge in [-0.15, -0.1) is 11.3 Å².